The van der Waals surface area contributed by atoms with Crippen LogP contribution in [0.1, 0.15) is 18.4 Å². The van der Waals surface area contributed by atoms with Crippen molar-refractivity contribution < 1.29 is 14.7 Å². The van der Waals surface area contributed by atoms with Crippen LogP contribution in [0.4, 0.5) is 5.69 Å². The van der Waals surface area contributed by atoms with Gasteiger partial charge in [-0.25, -0.2) is 4.79 Å². The molecule has 1 aromatic carbocycles. The van der Waals surface area contributed by atoms with Crippen LogP contribution in [0, 0.1) is 0 Å². The zero-order chi connectivity index (χ0) is 13.4. The van der Waals surface area contributed by atoms with Crippen molar-refractivity contribution in [1.82, 2.24) is 5.32 Å². The largest absolute Gasteiger partial charge is 0.480 e. The normalized spacial score (nSPS) is 21.1. The van der Waals surface area contributed by atoms with Crippen LogP contribution in [-0.2, 0) is 16.0 Å². The molecular weight excluding hydrogens is 244 g/mol. The maximum absolute atomic E-state index is 11.9. The summed E-state index contributed by atoms with van der Waals surface area (Å²) < 4.78 is 0. The Kier molecular flexibility index (Phi) is 2.89. The second kappa shape index (κ2) is 4.57. The third kappa shape index (κ3) is 2.41. The van der Waals surface area contributed by atoms with Gasteiger partial charge in [-0.3, -0.25) is 4.79 Å². The van der Waals surface area contributed by atoms with Gasteiger partial charge in [0.25, 0.3) is 0 Å². The van der Waals surface area contributed by atoms with Gasteiger partial charge < -0.3 is 15.3 Å². The van der Waals surface area contributed by atoms with Crippen LogP contribution in [-0.4, -0.2) is 35.6 Å². The van der Waals surface area contributed by atoms with Crippen molar-refractivity contribution in [3.8, 4) is 0 Å². The Bertz CT molecular complexity index is 525. The summed E-state index contributed by atoms with van der Waals surface area (Å²) in [6, 6.07) is 7.23. The molecule has 2 aliphatic rings. The highest BCUT2D eigenvalue weighted by Gasteiger charge is 2.35. The average molecular weight is 260 g/mol. The highest BCUT2D eigenvalue weighted by atomic mass is 16.4. The fourth-order valence-corrected chi connectivity index (χ4v) is 2.52. The van der Waals surface area contributed by atoms with E-state index in [0.717, 1.165) is 24.1 Å². The van der Waals surface area contributed by atoms with E-state index in [-0.39, 0.29) is 12.5 Å². The SMILES string of the molecule is O=C(CN1c2ccccc2CC1C(=O)O)NC1CC1. The maximum atomic E-state index is 11.9. The number of nitrogens with zero attached hydrogens (tertiary/aromatic N) is 1. The summed E-state index contributed by atoms with van der Waals surface area (Å²) >= 11 is 0. The predicted molar refractivity (Wildman–Crippen MR) is 70.1 cm³/mol. The molecule has 0 bridgehead atoms. The molecule has 1 unspecified atom stereocenters. The summed E-state index contributed by atoms with van der Waals surface area (Å²) in [6.45, 7) is 0.116. The topological polar surface area (TPSA) is 69.6 Å². The van der Waals surface area contributed by atoms with Crippen molar-refractivity contribution in [2.24, 2.45) is 0 Å². The molecule has 0 radical (unpaired) electrons. The van der Waals surface area contributed by atoms with Gasteiger partial charge in [0.15, 0.2) is 0 Å². The number of para-hydroxylation sites is 1. The number of aliphatic carboxylic acids is 1. The Morgan fingerprint density at radius 2 is 2.05 bits per heavy atom. The minimum Gasteiger partial charge on any atom is -0.480 e. The number of fused-ring (bicyclic) bond motifs is 1. The van der Waals surface area contributed by atoms with E-state index in [1.807, 2.05) is 24.3 Å². The zero-order valence-electron chi connectivity index (χ0n) is 10.5. The third-order valence-electron chi connectivity index (χ3n) is 3.63. The van der Waals surface area contributed by atoms with Crippen LogP contribution in [0.15, 0.2) is 24.3 Å². The number of amides is 1. The standard InChI is InChI=1S/C14H16N2O3/c17-13(15-10-5-6-10)8-16-11-4-2-1-3-9(11)7-12(16)14(18)19/h1-4,10,12H,5-8H2,(H,15,17)(H,18,19). The molecule has 3 rings (SSSR count). The highest BCUT2D eigenvalue weighted by Crippen LogP contribution is 2.31. The van der Waals surface area contributed by atoms with E-state index < -0.39 is 12.0 Å². The first-order chi connectivity index (χ1) is 9.15. The maximum Gasteiger partial charge on any atom is 0.326 e. The minimum absolute atomic E-state index is 0.0922. The highest BCUT2D eigenvalue weighted by molar-refractivity contribution is 5.88. The van der Waals surface area contributed by atoms with Gasteiger partial charge in [0.05, 0.1) is 6.54 Å². The Labute approximate surface area is 111 Å². The number of carboxylic acids is 1. The molecule has 1 aromatic rings. The second-order valence-electron chi connectivity index (χ2n) is 5.16. The summed E-state index contributed by atoms with van der Waals surface area (Å²) in [5.41, 5.74) is 1.86. The smallest absolute Gasteiger partial charge is 0.326 e. The molecule has 5 heteroatoms. The first-order valence-electron chi connectivity index (χ1n) is 6.52. The van der Waals surface area contributed by atoms with Crippen molar-refractivity contribution in [3.63, 3.8) is 0 Å². The summed E-state index contributed by atoms with van der Waals surface area (Å²) in [6.07, 6.45) is 2.53. The molecule has 1 aliphatic carbocycles. The fraction of sp³-hybridized carbons (Fsp3) is 0.429. The first-order valence-corrected chi connectivity index (χ1v) is 6.52. The van der Waals surface area contributed by atoms with Gasteiger partial charge in [-0.05, 0) is 24.5 Å². The van der Waals surface area contributed by atoms with E-state index >= 15 is 0 Å². The Hall–Kier alpha value is -2.04. The molecule has 0 saturated heterocycles. The number of anilines is 1. The van der Waals surface area contributed by atoms with E-state index in [4.69, 9.17) is 0 Å². The number of carbonyl (C=O) groups excluding carboxylic acids is 1. The predicted octanol–water partition coefficient (Wildman–Crippen LogP) is 0.781. The number of hydrogen-bond donors (Lipinski definition) is 2. The lowest BCUT2D eigenvalue weighted by Crippen LogP contribution is -2.45. The molecule has 1 amide bonds. The van der Waals surface area contributed by atoms with E-state index in [9.17, 15) is 14.7 Å². The van der Waals surface area contributed by atoms with Crippen LogP contribution in [0.5, 0.6) is 0 Å². The van der Waals surface area contributed by atoms with Crippen molar-refractivity contribution in [2.75, 3.05) is 11.4 Å². The lowest BCUT2D eigenvalue weighted by molar-refractivity contribution is -0.138. The molecule has 1 saturated carbocycles. The fourth-order valence-electron chi connectivity index (χ4n) is 2.52. The lowest BCUT2D eigenvalue weighted by Gasteiger charge is -2.24. The number of carbonyl (C=O) groups is 2. The van der Waals surface area contributed by atoms with Crippen molar-refractivity contribution in [3.05, 3.63) is 29.8 Å². The zero-order valence-corrected chi connectivity index (χ0v) is 10.5. The third-order valence-corrected chi connectivity index (χ3v) is 3.63. The molecule has 1 aliphatic heterocycles. The van der Waals surface area contributed by atoms with Gasteiger partial charge in [0, 0.05) is 18.2 Å². The number of rotatable bonds is 4. The van der Waals surface area contributed by atoms with E-state index in [1.54, 1.807) is 4.90 Å². The van der Waals surface area contributed by atoms with Crippen LogP contribution < -0.4 is 10.2 Å². The minimum atomic E-state index is -0.879. The van der Waals surface area contributed by atoms with Crippen LogP contribution >= 0.6 is 0 Å². The van der Waals surface area contributed by atoms with Crippen molar-refractivity contribution in [1.29, 1.82) is 0 Å². The Balaban J connectivity index is 1.78. The molecule has 1 fully saturated rings. The number of hydrogen-bond acceptors (Lipinski definition) is 3. The number of benzene rings is 1. The summed E-state index contributed by atoms with van der Waals surface area (Å²) in [5.74, 6) is -0.971. The quantitative estimate of drug-likeness (QED) is 0.839. The van der Waals surface area contributed by atoms with Gasteiger partial charge in [0.1, 0.15) is 6.04 Å². The molecule has 0 aromatic heterocycles. The molecule has 1 atom stereocenters. The van der Waals surface area contributed by atoms with E-state index in [1.165, 1.54) is 0 Å². The number of carboxylic acid groups (broad SMARTS) is 1. The van der Waals surface area contributed by atoms with Crippen molar-refractivity contribution in [2.45, 2.75) is 31.3 Å². The number of nitrogens with one attached hydrogen (secondary N) is 1. The van der Waals surface area contributed by atoms with Gasteiger partial charge in [-0.1, -0.05) is 18.2 Å². The Morgan fingerprint density at radius 1 is 1.32 bits per heavy atom. The summed E-state index contributed by atoms with van der Waals surface area (Å²) in [5, 5.41) is 12.2. The van der Waals surface area contributed by atoms with Crippen LogP contribution in [0.3, 0.4) is 0 Å². The van der Waals surface area contributed by atoms with E-state index in [0.29, 0.717) is 12.5 Å². The van der Waals surface area contributed by atoms with E-state index in [2.05, 4.69) is 5.32 Å². The van der Waals surface area contributed by atoms with Crippen molar-refractivity contribution >= 4 is 17.6 Å². The van der Waals surface area contributed by atoms with Gasteiger partial charge in [-0.2, -0.15) is 0 Å². The first kappa shape index (κ1) is 12.0. The van der Waals surface area contributed by atoms with Crippen LogP contribution in [0.25, 0.3) is 0 Å². The molecule has 19 heavy (non-hydrogen) atoms. The van der Waals surface area contributed by atoms with Gasteiger partial charge in [0.2, 0.25) is 5.91 Å². The van der Waals surface area contributed by atoms with Gasteiger partial charge in [-0.15, -0.1) is 0 Å². The molecule has 1 heterocycles. The second-order valence-corrected chi connectivity index (χ2v) is 5.16. The average Bonchev–Trinajstić information content (AvgIpc) is 3.10. The van der Waals surface area contributed by atoms with Crippen LogP contribution in [0.2, 0.25) is 0 Å². The Morgan fingerprint density at radius 3 is 2.74 bits per heavy atom. The summed E-state index contributed by atoms with van der Waals surface area (Å²) in [4.78, 5) is 24.9. The molecule has 5 nitrogen and oxygen atoms in total. The molecule has 100 valence electrons. The van der Waals surface area contributed by atoms with Gasteiger partial charge >= 0.3 is 5.97 Å². The monoisotopic (exact) mass is 260 g/mol. The lowest BCUT2D eigenvalue weighted by atomic mass is 10.1. The molecule has 2 N–H and O–H groups in total. The molecule has 0 spiro atoms. The molecular formula is C14H16N2O3. The summed E-state index contributed by atoms with van der Waals surface area (Å²) in [7, 11) is 0.